The van der Waals surface area contributed by atoms with Crippen molar-refractivity contribution in [3.05, 3.63) is 100 Å². The molecule has 1 amide bonds. The lowest BCUT2D eigenvalue weighted by atomic mass is 9.98. The zero-order valence-electron chi connectivity index (χ0n) is 18.8. The normalized spacial score (nSPS) is 13.3. The van der Waals surface area contributed by atoms with Gasteiger partial charge in [-0.3, -0.25) is 4.79 Å². The Hall–Kier alpha value is -3.11. The van der Waals surface area contributed by atoms with Gasteiger partial charge in [-0.15, -0.1) is 0 Å². The lowest BCUT2D eigenvalue weighted by Gasteiger charge is -2.17. The van der Waals surface area contributed by atoms with E-state index in [2.05, 4.69) is 53.8 Å². The standard InChI is InChI=1S/C27H28ClN3O/c1-17(2)21-6-5-7-22(14-21)18(3)30-27(32)23-10-13-26-25(15-23)29-16-31(26)19(4)20-8-11-24(28)12-9-20/h5-19H,1-4H3,(H,30,32)/t18-,19-/m0/s1. The summed E-state index contributed by atoms with van der Waals surface area (Å²) in [6.07, 6.45) is 1.83. The summed E-state index contributed by atoms with van der Waals surface area (Å²) in [7, 11) is 0. The third kappa shape index (κ3) is 4.56. The first-order valence-electron chi connectivity index (χ1n) is 11.0. The minimum Gasteiger partial charge on any atom is -0.346 e. The van der Waals surface area contributed by atoms with Gasteiger partial charge < -0.3 is 9.88 Å². The number of nitrogens with one attached hydrogen (secondary N) is 1. The van der Waals surface area contributed by atoms with Crippen LogP contribution in [0.25, 0.3) is 11.0 Å². The Balaban J connectivity index is 1.53. The van der Waals surface area contributed by atoms with Crippen molar-refractivity contribution in [1.29, 1.82) is 0 Å². The van der Waals surface area contributed by atoms with Crippen LogP contribution in [0.4, 0.5) is 0 Å². The molecule has 0 bridgehead atoms. The summed E-state index contributed by atoms with van der Waals surface area (Å²) in [6, 6.07) is 21.9. The molecule has 0 radical (unpaired) electrons. The van der Waals surface area contributed by atoms with E-state index >= 15 is 0 Å². The number of imidazole rings is 1. The van der Waals surface area contributed by atoms with Gasteiger partial charge in [0.2, 0.25) is 0 Å². The molecule has 4 nitrogen and oxygen atoms in total. The van der Waals surface area contributed by atoms with Gasteiger partial charge in [0.1, 0.15) is 0 Å². The number of hydrogen-bond donors (Lipinski definition) is 1. The zero-order chi connectivity index (χ0) is 22.8. The lowest BCUT2D eigenvalue weighted by Crippen LogP contribution is -2.26. The predicted molar refractivity (Wildman–Crippen MR) is 131 cm³/mol. The smallest absolute Gasteiger partial charge is 0.251 e. The van der Waals surface area contributed by atoms with Crippen LogP contribution in [0.3, 0.4) is 0 Å². The number of benzene rings is 3. The van der Waals surface area contributed by atoms with Gasteiger partial charge in [0.25, 0.3) is 5.91 Å². The molecule has 0 aliphatic heterocycles. The largest absolute Gasteiger partial charge is 0.346 e. The first-order chi connectivity index (χ1) is 15.3. The quantitative estimate of drug-likeness (QED) is 0.350. The fourth-order valence-corrected chi connectivity index (χ4v) is 4.06. The summed E-state index contributed by atoms with van der Waals surface area (Å²) in [5, 5.41) is 3.84. The van der Waals surface area contributed by atoms with Gasteiger partial charge in [-0.25, -0.2) is 4.98 Å². The molecule has 4 rings (SSSR count). The number of nitrogens with zero attached hydrogens (tertiary/aromatic N) is 2. The average Bonchev–Trinajstić information content (AvgIpc) is 3.22. The minimum atomic E-state index is -0.102. The van der Waals surface area contributed by atoms with Gasteiger partial charge >= 0.3 is 0 Å². The van der Waals surface area contributed by atoms with Crippen LogP contribution in [0.5, 0.6) is 0 Å². The molecule has 2 atom stereocenters. The Morgan fingerprint density at radius 3 is 2.34 bits per heavy atom. The van der Waals surface area contributed by atoms with Crippen LogP contribution >= 0.6 is 11.6 Å². The van der Waals surface area contributed by atoms with Crippen LogP contribution in [-0.2, 0) is 0 Å². The first kappa shape index (κ1) is 22.1. The van der Waals surface area contributed by atoms with Gasteiger partial charge in [-0.05, 0) is 66.8 Å². The number of fused-ring (bicyclic) bond motifs is 1. The number of amides is 1. The number of rotatable bonds is 6. The van der Waals surface area contributed by atoms with Gasteiger partial charge in [0.15, 0.2) is 0 Å². The maximum Gasteiger partial charge on any atom is 0.251 e. The van der Waals surface area contributed by atoms with Gasteiger partial charge in [0.05, 0.1) is 29.4 Å². The van der Waals surface area contributed by atoms with Crippen LogP contribution in [0.2, 0.25) is 5.02 Å². The van der Waals surface area contributed by atoms with Crippen LogP contribution < -0.4 is 5.32 Å². The van der Waals surface area contributed by atoms with Crippen molar-refractivity contribution < 1.29 is 4.79 Å². The molecule has 164 valence electrons. The Morgan fingerprint density at radius 2 is 1.62 bits per heavy atom. The minimum absolute atomic E-state index is 0.0839. The van der Waals surface area contributed by atoms with E-state index in [0.717, 1.165) is 27.2 Å². The molecule has 4 aromatic rings. The average molecular weight is 446 g/mol. The van der Waals surface area contributed by atoms with Gasteiger partial charge in [-0.1, -0.05) is 61.8 Å². The highest BCUT2D eigenvalue weighted by molar-refractivity contribution is 6.30. The molecule has 0 saturated heterocycles. The molecule has 0 fully saturated rings. The Morgan fingerprint density at radius 1 is 0.906 bits per heavy atom. The summed E-state index contributed by atoms with van der Waals surface area (Å²) in [5.41, 5.74) is 5.91. The molecule has 1 aromatic heterocycles. The molecule has 5 heteroatoms. The van der Waals surface area contributed by atoms with E-state index in [4.69, 9.17) is 11.6 Å². The molecule has 1 heterocycles. The third-order valence-corrected chi connectivity index (χ3v) is 6.28. The Labute approximate surface area is 194 Å². The number of aromatic nitrogens is 2. The molecule has 1 N–H and O–H groups in total. The Bertz CT molecular complexity index is 1240. The molecular weight excluding hydrogens is 418 g/mol. The molecule has 0 spiro atoms. The molecular formula is C27H28ClN3O. The molecule has 0 aliphatic rings. The van der Waals surface area contributed by atoms with Crippen molar-refractivity contribution in [2.45, 2.75) is 45.7 Å². The van der Waals surface area contributed by atoms with Crippen molar-refractivity contribution in [2.24, 2.45) is 0 Å². The number of hydrogen-bond acceptors (Lipinski definition) is 2. The summed E-state index contributed by atoms with van der Waals surface area (Å²) in [4.78, 5) is 17.5. The SMILES string of the molecule is CC(C)c1cccc([C@H](C)NC(=O)c2ccc3c(c2)ncn3[C@@H](C)c2ccc(Cl)cc2)c1. The summed E-state index contributed by atoms with van der Waals surface area (Å²) >= 11 is 6.02. The van der Waals surface area contributed by atoms with Crippen molar-refractivity contribution in [1.82, 2.24) is 14.9 Å². The maximum atomic E-state index is 12.9. The highest BCUT2D eigenvalue weighted by atomic mass is 35.5. The van der Waals surface area contributed by atoms with Crippen LogP contribution in [0.15, 0.2) is 73.1 Å². The second-order valence-corrected chi connectivity index (χ2v) is 9.04. The van der Waals surface area contributed by atoms with Crippen molar-refractivity contribution >= 4 is 28.5 Å². The molecule has 0 unspecified atom stereocenters. The number of carbonyl (C=O) groups excluding carboxylic acids is 1. The zero-order valence-corrected chi connectivity index (χ0v) is 19.6. The third-order valence-electron chi connectivity index (χ3n) is 6.03. The van der Waals surface area contributed by atoms with E-state index in [9.17, 15) is 4.79 Å². The fourth-order valence-electron chi connectivity index (χ4n) is 3.93. The topological polar surface area (TPSA) is 46.9 Å². The predicted octanol–water partition coefficient (Wildman–Crippen LogP) is 6.91. The van der Waals surface area contributed by atoms with Crippen molar-refractivity contribution in [3.8, 4) is 0 Å². The van der Waals surface area contributed by atoms with E-state index in [1.54, 1.807) is 0 Å². The second-order valence-electron chi connectivity index (χ2n) is 8.60. The van der Waals surface area contributed by atoms with Crippen molar-refractivity contribution in [3.63, 3.8) is 0 Å². The van der Waals surface area contributed by atoms with E-state index in [-0.39, 0.29) is 18.0 Å². The summed E-state index contributed by atoms with van der Waals surface area (Å²) in [6.45, 7) is 8.48. The summed E-state index contributed by atoms with van der Waals surface area (Å²) < 4.78 is 2.11. The van der Waals surface area contributed by atoms with Gasteiger partial charge in [-0.2, -0.15) is 0 Å². The lowest BCUT2D eigenvalue weighted by molar-refractivity contribution is 0.0940. The first-order valence-corrected chi connectivity index (χ1v) is 11.3. The van der Waals surface area contributed by atoms with Crippen LogP contribution in [0.1, 0.15) is 72.7 Å². The molecule has 0 aliphatic carbocycles. The van der Waals surface area contributed by atoms with Crippen LogP contribution in [0, 0.1) is 0 Å². The molecule has 3 aromatic carbocycles. The number of carbonyl (C=O) groups is 1. The molecule has 0 saturated carbocycles. The van der Waals surface area contributed by atoms with E-state index in [0.29, 0.717) is 11.5 Å². The molecule has 32 heavy (non-hydrogen) atoms. The second kappa shape index (κ2) is 9.17. The van der Waals surface area contributed by atoms with Gasteiger partial charge in [0, 0.05) is 10.6 Å². The maximum absolute atomic E-state index is 12.9. The van der Waals surface area contributed by atoms with Crippen LogP contribution in [-0.4, -0.2) is 15.5 Å². The summed E-state index contributed by atoms with van der Waals surface area (Å²) in [5.74, 6) is 0.347. The monoisotopic (exact) mass is 445 g/mol. The fraction of sp³-hybridized carbons (Fsp3) is 0.259. The van der Waals surface area contributed by atoms with E-state index in [1.807, 2.05) is 61.8 Å². The Kier molecular flexibility index (Phi) is 6.33. The van der Waals surface area contributed by atoms with E-state index < -0.39 is 0 Å². The van der Waals surface area contributed by atoms with E-state index in [1.165, 1.54) is 5.56 Å². The van der Waals surface area contributed by atoms with Crippen molar-refractivity contribution in [2.75, 3.05) is 0 Å². The number of halogens is 1. The highest BCUT2D eigenvalue weighted by Gasteiger charge is 2.16. The highest BCUT2D eigenvalue weighted by Crippen LogP contribution is 2.26.